The Hall–Kier alpha value is -0.610. The zero-order valence-electron chi connectivity index (χ0n) is 12.8. The highest BCUT2D eigenvalue weighted by atomic mass is 16.2. The van der Waals surface area contributed by atoms with Gasteiger partial charge in [0.05, 0.1) is 5.54 Å². The first kappa shape index (κ1) is 15.4. The molecule has 1 fully saturated rings. The summed E-state index contributed by atoms with van der Waals surface area (Å²) in [6.45, 7) is 15.1. The summed E-state index contributed by atoms with van der Waals surface area (Å²) >= 11 is 0. The van der Waals surface area contributed by atoms with Gasteiger partial charge in [0.2, 0.25) is 5.91 Å². The summed E-state index contributed by atoms with van der Waals surface area (Å²) in [6, 6.07) is 0.285. The molecule has 1 unspecified atom stereocenters. The Bertz CT molecular complexity index is 301. The van der Waals surface area contributed by atoms with E-state index in [2.05, 4.69) is 32.6 Å². The van der Waals surface area contributed by atoms with E-state index in [0.29, 0.717) is 0 Å². The van der Waals surface area contributed by atoms with Gasteiger partial charge in [0.1, 0.15) is 0 Å². The van der Waals surface area contributed by atoms with Crippen LogP contribution < -0.4 is 5.73 Å². The van der Waals surface area contributed by atoms with Crippen LogP contribution in [0.5, 0.6) is 0 Å². The van der Waals surface area contributed by atoms with Crippen molar-refractivity contribution in [2.75, 3.05) is 19.6 Å². The lowest BCUT2D eigenvalue weighted by atomic mass is 9.98. The average molecular weight is 255 g/mol. The van der Waals surface area contributed by atoms with E-state index in [1.807, 2.05) is 4.90 Å². The van der Waals surface area contributed by atoms with Crippen molar-refractivity contribution < 1.29 is 4.79 Å². The Balaban J connectivity index is 2.79. The maximum atomic E-state index is 12.3. The Morgan fingerprint density at radius 1 is 1.22 bits per heavy atom. The molecule has 4 nitrogen and oxygen atoms in total. The summed E-state index contributed by atoms with van der Waals surface area (Å²) in [6.07, 6.45) is 0.981. The molecule has 0 bridgehead atoms. The lowest BCUT2D eigenvalue weighted by Crippen LogP contribution is -2.63. The molecule has 2 N–H and O–H groups in total. The van der Waals surface area contributed by atoms with E-state index in [9.17, 15) is 4.79 Å². The van der Waals surface area contributed by atoms with Gasteiger partial charge in [-0.3, -0.25) is 9.69 Å². The summed E-state index contributed by atoms with van der Waals surface area (Å²) in [4.78, 5) is 16.8. The maximum absolute atomic E-state index is 12.3. The number of carbonyl (C=O) groups excluding carboxylic acids is 1. The lowest BCUT2D eigenvalue weighted by molar-refractivity contribution is -0.142. The standard InChI is InChI=1S/C14H29N3O/c1-7-11-10-16(13(2,3)4)8-9-17(11)12(18)14(5,6)15/h11H,7-10,15H2,1-6H3. The SMILES string of the molecule is CCC1CN(C(C)(C)C)CCN1C(=O)C(C)(C)N. The minimum Gasteiger partial charge on any atom is -0.336 e. The molecule has 1 rings (SSSR count). The minimum atomic E-state index is -0.767. The van der Waals surface area contributed by atoms with Crippen LogP contribution in [0.25, 0.3) is 0 Å². The fourth-order valence-electron chi connectivity index (χ4n) is 2.45. The van der Waals surface area contributed by atoms with Gasteiger partial charge in [-0.25, -0.2) is 0 Å². The van der Waals surface area contributed by atoms with Gasteiger partial charge in [0, 0.05) is 31.2 Å². The summed E-state index contributed by atoms with van der Waals surface area (Å²) in [5, 5.41) is 0. The topological polar surface area (TPSA) is 49.6 Å². The van der Waals surface area contributed by atoms with E-state index in [1.54, 1.807) is 13.8 Å². The molecule has 18 heavy (non-hydrogen) atoms. The molecular formula is C14H29N3O. The molecular weight excluding hydrogens is 226 g/mol. The molecule has 1 atom stereocenters. The van der Waals surface area contributed by atoms with Crippen LogP contribution in [-0.4, -0.2) is 52.5 Å². The molecule has 0 radical (unpaired) electrons. The predicted molar refractivity (Wildman–Crippen MR) is 75.4 cm³/mol. The molecule has 106 valence electrons. The number of hydrogen-bond acceptors (Lipinski definition) is 3. The van der Waals surface area contributed by atoms with Gasteiger partial charge in [-0.15, -0.1) is 0 Å². The summed E-state index contributed by atoms with van der Waals surface area (Å²) in [5.74, 6) is 0.0721. The Labute approximate surface area is 111 Å². The van der Waals surface area contributed by atoms with Crippen molar-refractivity contribution in [2.45, 2.75) is 65.1 Å². The largest absolute Gasteiger partial charge is 0.336 e. The van der Waals surface area contributed by atoms with Crippen molar-refractivity contribution in [3.63, 3.8) is 0 Å². The van der Waals surface area contributed by atoms with Crippen molar-refractivity contribution in [1.82, 2.24) is 9.80 Å². The molecule has 1 saturated heterocycles. The van der Waals surface area contributed by atoms with Gasteiger partial charge >= 0.3 is 0 Å². The third-order valence-corrected chi connectivity index (χ3v) is 3.71. The smallest absolute Gasteiger partial charge is 0.242 e. The van der Waals surface area contributed by atoms with Gasteiger partial charge < -0.3 is 10.6 Å². The molecule has 0 aliphatic carbocycles. The van der Waals surface area contributed by atoms with Crippen LogP contribution in [-0.2, 0) is 4.79 Å². The van der Waals surface area contributed by atoms with Crippen LogP contribution in [0.4, 0.5) is 0 Å². The van der Waals surface area contributed by atoms with E-state index in [4.69, 9.17) is 5.73 Å². The number of piperazine rings is 1. The van der Waals surface area contributed by atoms with Crippen LogP contribution in [0.1, 0.15) is 48.0 Å². The number of amides is 1. The number of nitrogens with zero attached hydrogens (tertiary/aromatic N) is 2. The normalized spacial score (nSPS) is 23.3. The molecule has 1 aliphatic heterocycles. The fraction of sp³-hybridized carbons (Fsp3) is 0.929. The molecule has 0 aromatic carbocycles. The quantitative estimate of drug-likeness (QED) is 0.812. The Morgan fingerprint density at radius 3 is 2.17 bits per heavy atom. The summed E-state index contributed by atoms with van der Waals surface area (Å²) < 4.78 is 0. The monoisotopic (exact) mass is 255 g/mol. The van der Waals surface area contributed by atoms with Gasteiger partial charge in [-0.2, -0.15) is 0 Å². The molecule has 0 saturated carbocycles. The second-order valence-electron chi connectivity index (χ2n) is 6.90. The molecule has 1 amide bonds. The van der Waals surface area contributed by atoms with Crippen molar-refractivity contribution >= 4 is 5.91 Å². The molecule has 4 heteroatoms. The van der Waals surface area contributed by atoms with E-state index in [1.165, 1.54) is 0 Å². The predicted octanol–water partition coefficient (Wildman–Crippen LogP) is 1.45. The molecule has 1 heterocycles. The van der Waals surface area contributed by atoms with Crippen LogP contribution in [0.3, 0.4) is 0 Å². The van der Waals surface area contributed by atoms with Crippen molar-refractivity contribution in [3.8, 4) is 0 Å². The maximum Gasteiger partial charge on any atom is 0.242 e. The van der Waals surface area contributed by atoms with Gasteiger partial charge in [0.25, 0.3) is 0 Å². The highest BCUT2D eigenvalue weighted by Gasteiger charge is 2.37. The zero-order chi connectivity index (χ0) is 14.1. The van der Waals surface area contributed by atoms with E-state index in [-0.39, 0.29) is 17.5 Å². The van der Waals surface area contributed by atoms with Crippen molar-refractivity contribution in [1.29, 1.82) is 0 Å². The number of nitrogens with two attached hydrogens (primary N) is 1. The number of hydrogen-bond donors (Lipinski definition) is 1. The number of carbonyl (C=O) groups is 1. The zero-order valence-corrected chi connectivity index (χ0v) is 12.8. The number of rotatable bonds is 2. The molecule has 0 aromatic rings. The Morgan fingerprint density at radius 2 is 1.78 bits per heavy atom. The highest BCUT2D eigenvalue weighted by molar-refractivity contribution is 5.85. The van der Waals surface area contributed by atoms with Crippen LogP contribution in [0, 0.1) is 0 Å². The fourth-order valence-corrected chi connectivity index (χ4v) is 2.45. The molecule has 0 aromatic heterocycles. The third kappa shape index (κ3) is 3.45. The van der Waals surface area contributed by atoms with Gasteiger partial charge in [-0.1, -0.05) is 6.92 Å². The van der Waals surface area contributed by atoms with Gasteiger partial charge in [-0.05, 0) is 41.0 Å². The third-order valence-electron chi connectivity index (χ3n) is 3.71. The molecule has 0 spiro atoms. The summed E-state index contributed by atoms with van der Waals surface area (Å²) in [5.41, 5.74) is 5.34. The first-order valence-electron chi connectivity index (χ1n) is 6.92. The van der Waals surface area contributed by atoms with Crippen LogP contribution >= 0.6 is 0 Å². The van der Waals surface area contributed by atoms with Gasteiger partial charge in [0.15, 0.2) is 0 Å². The average Bonchev–Trinajstić information content (AvgIpc) is 2.24. The highest BCUT2D eigenvalue weighted by Crippen LogP contribution is 2.22. The van der Waals surface area contributed by atoms with Crippen LogP contribution in [0.2, 0.25) is 0 Å². The second-order valence-corrected chi connectivity index (χ2v) is 6.90. The summed E-state index contributed by atoms with van der Waals surface area (Å²) in [7, 11) is 0. The second kappa shape index (κ2) is 5.17. The van der Waals surface area contributed by atoms with E-state index < -0.39 is 5.54 Å². The van der Waals surface area contributed by atoms with E-state index >= 15 is 0 Å². The first-order valence-corrected chi connectivity index (χ1v) is 6.92. The van der Waals surface area contributed by atoms with Crippen LogP contribution in [0.15, 0.2) is 0 Å². The van der Waals surface area contributed by atoms with E-state index in [0.717, 1.165) is 26.1 Å². The molecule has 1 aliphatic rings. The van der Waals surface area contributed by atoms with Crippen molar-refractivity contribution in [3.05, 3.63) is 0 Å². The minimum absolute atomic E-state index is 0.0721. The first-order chi connectivity index (χ1) is 8.07. The lowest BCUT2D eigenvalue weighted by Gasteiger charge is -2.47. The van der Waals surface area contributed by atoms with Crippen molar-refractivity contribution in [2.24, 2.45) is 5.73 Å². The Kier molecular flexibility index (Phi) is 4.44.